The Morgan fingerprint density at radius 2 is 1.53 bits per heavy atom. The van der Waals surface area contributed by atoms with Crippen LogP contribution in [0.5, 0.6) is 0 Å². The molecule has 2 aromatic carbocycles. The molecule has 244 valence electrons. The number of carbonyl (C=O) groups is 2. The summed E-state index contributed by atoms with van der Waals surface area (Å²) in [6.07, 6.45) is -8.89. The molecule has 1 N–H and O–H groups in total. The van der Waals surface area contributed by atoms with Crippen molar-refractivity contribution in [1.82, 2.24) is 9.88 Å². The lowest BCUT2D eigenvalue weighted by Crippen LogP contribution is -2.42. The van der Waals surface area contributed by atoms with Crippen LogP contribution >= 0.6 is 12.4 Å². The van der Waals surface area contributed by atoms with Crippen molar-refractivity contribution >= 4 is 29.9 Å². The topological polar surface area (TPSA) is 73.7 Å². The standard InChI is InChI=1S/C31H30F7N3O3.ClH/c1-16-8-20(32)6-7-21(16)22-12-25(23-14-40(4)27(43)24(23)15-42)39-13-26(22)41(5)28(44)29(2,3)17-9-18(30(33,34)35)11-19(10-17)31(36,37)38;/h6-13,23-24,42H,14-15H2,1-5H3;1H/t23-,24+;/m1./s1. The van der Waals surface area contributed by atoms with Gasteiger partial charge in [0.15, 0.2) is 0 Å². The van der Waals surface area contributed by atoms with E-state index in [0.29, 0.717) is 34.5 Å². The zero-order chi connectivity index (χ0) is 32.9. The van der Waals surface area contributed by atoms with E-state index in [1.165, 1.54) is 50.2 Å². The minimum absolute atomic E-state index is 0. The number of aromatic nitrogens is 1. The van der Waals surface area contributed by atoms with Gasteiger partial charge in [0.25, 0.3) is 0 Å². The average molecular weight is 662 g/mol. The fourth-order valence-corrected chi connectivity index (χ4v) is 5.52. The predicted octanol–water partition coefficient (Wildman–Crippen LogP) is 6.76. The van der Waals surface area contributed by atoms with E-state index in [0.717, 1.165) is 4.90 Å². The first-order valence-corrected chi connectivity index (χ1v) is 13.5. The Balaban J connectivity index is 0.00000552. The molecule has 1 saturated heterocycles. The number of aryl methyl sites for hydroxylation is 1. The smallest absolute Gasteiger partial charge is 0.396 e. The maximum atomic E-state index is 14.0. The van der Waals surface area contributed by atoms with Gasteiger partial charge in [0.05, 0.1) is 41.0 Å². The molecule has 1 aliphatic rings. The maximum Gasteiger partial charge on any atom is 0.416 e. The van der Waals surface area contributed by atoms with E-state index < -0.39 is 64.6 Å². The highest BCUT2D eigenvalue weighted by Crippen LogP contribution is 2.42. The molecule has 2 amide bonds. The molecule has 1 aliphatic heterocycles. The Morgan fingerprint density at radius 3 is 2.04 bits per heavy atom. The van der Waals surface area contributed by atoms with Crippen LogP contribution in [0.1, 0.15) is 47.7 Å². The Bertz CT molecular complexity index is 1580. The summed E-state index contributed by atoms with van der Waals surface area (Å²) >= 11 is 0. The van der Waals surface area contributed by atoms with Crippen LogP contribution in [0, 0.1) is 18.7 Å². The van der Waals surface area contributed by atoms with Crippen LogP contribution in [-0.2, 0) is 27.4 Å². The maximum absolute atomic E-state index is 14.0. The van der Waals surface area contributed by atoms with Crippen molar-refractivity contribution in [3.05, 3.63) is 82.4 Å². The van der Waals surface area contributed by atoms with Crippen LogP contribution in [0.25, 0.3) is 11.1 Å². The van der Waals surface area contributed by atoms with E-state index in [1.54, 1.807) is 20.0 Å². The zero-order valence-corrected chi connectivity index (χ0v) is 25.7. The third-order valence-electron chi connectivity index (χ3n) is 8.12. The molecule has 0 bridgehead atoms. The second kappa shape index (κ2) is 12.6. The average Bonchev–Trinajstić information content (AvgIpc) is 3.23. The van der Waals surface area contributed by atoms with Crippen molar-refractivity contribution in [1.29, 1.82) is 0 Å². The number of carbonyl (C=O) groups excluding carboxylic acids is 2. The summed E-state index contributed by atoms with van der Waals surface area (Å²) in [5.74, 6) is -2.95. The number of alkyl halides is 6. The minimum Gasteiger partial charge on any atom is -0.396 e. The van der Waals surface area contributed by atoms with E-state index >= 15 is 0 Å². The number of amides is 2. The Labute approximate surface area is 261 Å². The molecule has 1 fully saturated rings. The van der Waals surface area contributed by atoms with Crippen molar-refractivity contribution in [3.63, 3.8) is 0 Å². The Hall–Kier alpha value is -3.71. The van der Waals surface area contributed by atoms with E-state index in [4.69, 9.17) is 0 Å². The largest absolute Gasteiger partial charge is 0.416 e. The van der Waals surface area contributed by atoms with Gasteiger partial charge in [-0.3, -0.25) is 14.6 Å². The lowest BCUT2D eigenvalue weighted by molar-refractivity contribution is -0.143. The van der Waals surface area contributed by atoms with Gasteiger partial charge >= 0.3 is 12.4 Å². The van der Waals surface area contributed by atoms with Gasteiger partial charge in [0.2, 0.25) is 11.8 Å². The van der Waals surface area contributed by atoms with E-state index in [9.17, 15) is 45.4 Å². The molecule has 2 heterocycles. The van der Waals surface area contributed by atoms with Gasteiger partial charge in [0, 0.05) is 37.8 Å². The summed E-state index contributed by atoms with van der Waals surface area (Å²) in [4.78, 5) is 33.5. The molecule has 0 radical (unpaired) electrons. The van der Waals surface area contributed by atoms with Gasteiger partial charge in [-0.25, -0.2) is 4.39 Å². The van der Waals surface area contributed by atoms with Crippen molar-refractivity contribution in [2.75, 3.05) is 32.1 Å². The number of likely N-dealkylation sites (tertiary alicyclic amines) is 1. The summed E-state index contributed by atoms with van der Waals surface area (Å²) < 4.78 is 95.5. The molecule has 0 spiro atoms. The second-order valence-corrected chi connectivity index (χ2v) is 11.5. The fourth-order valence-electron chi connectivity index (χ4n) is 5.52. The number of hydrogen-bond donors (Lipinski definition) is 1. The molecule has 1 aromatic heterocycles. The number of rotatable bonds is 6. The Kier molecular flexibility index (Phi) is 10.0. The fraction of sp³-hybridized carbons (Fsp3) is 0.387. The molecule has 0 saturated carbocycles. The van der Waals surface area contributed by atoms with Crippen molar-refractivity contribution in [2.24, 2.45) is 5.92 Å². The number of benzene rings is 2. The molecule has 3 aromatic rings. The van der Waals surface area contributed by atoms with Crippen LogP contribution in [0.3, 0.4) is 0 Å². The van der Waals surface area contributed by atoms with Gasteiger partial charge in [-0.1, -0.05) is 6.07 Å². The number of pyridine rings is 1. The molecule has 6 nitrogen and oxygen atoms in total. The third kappa shape index (κ3) is 6.94. The lowest BCUT2D eigenvalue weighted by Gasteiger charge is -2.32. The lowest BCUT2D eigenvalue weighted by atomic mass is 9.81. The third-order valence-corrected chi connectivity index (χ3v) is 8.12. The number of likely N-dealkylation sites (N-methyl/N-ethyl adjacent to an activating group) is 2. The number of aliphatic hydroxyl groups excluding tert-OH is 1. The van der Waals surface area contributed by atoms with E-state index in [1.807, 2.05) is 0 Å². The minimum atomic E-state index is -5.10. The summed E-state index contributed by atoms with van der Waals surface area (Å²) in [7, 11) is 2.89. The molecule has 2 atom stereocenters. The Morgan fingerprint density at radius 1 is 0.978 bits per heavy atom. The van der Waals surface area contributed by atoms with Crippen molar-refractivity contribution < 1.29 is 45.4 Å². The van der Waals surface area contributed by atoms with Crippen LogP contribution < -0.4 is 4.90 Å². The first-order valence-electron chi connectivity index (χ1n) is 13.5. The van der Waals surface area contributed by atoms with Crippen LogP contribution in [0.4, 0.5) is 36.4 Å². The summed E-state index contributed by atoms with van der Waals surface area (Å²) in [5, 5.41) is 9.89. The first kappa shape index (κ1) is 35.8. The summed E-state index contributed by atoms with van der Waals surface area (Å²) in [6, 6.07) is 6.56. The predicted molar refractivity (Wildman–Crippen MR) is 155 cm³/mol. The van der Waals surface area contributed by atoms with E-state index in [-0.39, 0.29) is 36.6 Å². The van der Waals surface area contributed by atoms with Crippen LogP contribution in [0.15, 0.2) is 48.7 Å². The molecule has 14 heteroatoms. The van der Waals surface area contributed by atoms with E-state index in [2.05, 4.69) is 4.98 Å². The monoisotopic (exact) mass is 661 g/mol. The number of halogens is 8. The number of nitrogens with zero attached hydrogens (tertiary/aromatic N) is 3. The number of hydrogen-bond acceptors (Lipinski definition) is 4. The van der Waals surface area contributed by atoms with Gasteiger partial charge < -0.3 is 14.9 Å². The van der Waals surface area contributed by atoms with Crippen molar-refractivity contribution in [3.8, 4) is 11.1 Å². The molecule has 0 aliphatic carbocycles. The molecular weight excluding hydrogens is 631 g/mol. The summed E-state index contributed by atoms with van der Waals surface area (Å²) in [5.41, 5.74) is -3.64. The number of aliphatic hydroxyl groups is 1. The highest BCUT2D eigenvalue weighted by molar-refractivity contribution is 6.03. The van der Waals surface area contributed by atoms with Crippen LogP contribution in [0.2, 0.25) is 0 Å². The summed E-state index contributed by atoms with van der Waals surface area (Å²) in [6.45, 7) is 3.87. The van der Waals surface area contributed by atoms with Gasteiger partial charge in [-0.2, -0.15) is 26.3 Å². The van der Waals surface area contributed by atoms with Gasteiger partial charge in [-0.15, -0.1) is 12.4 Å². The second-order valence-electron chi connectivity index (χ2n) is 11.5. The SMILES string of the molecule is Cc1cc(F)ccc1-c1cc([C@@H]2CN(C)C(=O)[C@H]2CO)ncc1N(C)C(=O)C(C)(C)c1cc(C(F)(F)F)cc(C(F)(F)F)c1.Cl. The molecule has 4 rings (SSSR count). The highest BCUT2D eigenvalue weighted by atomic mass is 35.5. The quantitative estimate of drug-likeness (QED) is 0.297. The molecular formula is C31H31ClF7N3O3. The van der Waals surface area contributed by atoms with Crippen LogP contribution in [-0.4, -0.2) is 54.1 Å². The molecule has 45 heavy (non-hydrogen) atoms. The zero-order valence-electron chi connectivity index (χ0n) is 24.8. The first-order chi connectivity index (χ1) is 20.3. The molecule has 0 unspecified atom stereocenters. The highest BCUT2D eigenvalue weighted by Gasteiger charge is 2.42. The van der Waals surface area contributed by atoms with Gasteiger partial charge in [0.1, 0.15) is 5.82 Å². The van der Waals surface area contributed by atoms with Crippen molar-refractivity contribution in [2.45, 2.75) is 44.5 Å². The van der Waals surface area contributed by atoms with Gasteiger partial charge in [-0.05, 0) is 73.9 Å². The normalized spacial score (nSPS) is 17.4. The number of anilines is 1.